The molecule has 0 spiro atoms. The molecule has 3 aromatic rings. The lowest BCUT2D eigenvalue weighted by Gasteiger charge is -2.10. The van der Waals surface area contributed by atoms with Crippen molar-refractivity contribution in [3.8, 4) is 0 Å². The molecule has 1 aromatic carbocycles. The number of aryl methyl sites for hydroxylation is 1. The number of nitrogens with one attached hydrogen (secondary N) is 1. The molecular weight excluding hydrogens is 293 g/mol. The summed E-state index contributed by atoms with van der Waals surface area (Å²) in [5, 5.41) is 3.07. The zero-order chi connectivity index (χ0) is 15.7. The molecule has 0 aliphatic heterocycles. The fourth-order valence-electron chi connectivity index (χ4n) is 2.28. The molecule has 4 nitrogen and oxygen atoms in total. The Labute approximate surface area is 124 Å². The van der Waals surface area contributed by atoms with Crippen LogP contribution in [0.15, 0.2) is 42.9 Å². The van der Waals surface area contributed by atoms with Crippen molar-refractivity contribution in [2.24, 2.45) is 7.05 Å². The summed E-state index contributed by atoms with van der Waals surface area (Å²) in [6.45, 7) is 0.251. The van der Waals surface area contributed by atoms with Gasteiger partial charge in [0.05, 0.1) is 17.4 Å². The van der Waals surface area contributed by atoms with Crippen LogP contribution in [0.2, 0.25) is 0 Å². The van der Waals surface area contributed by atoms with Crippen molar-refractivity contribution >= 4 is 16.9 Å². The largest absolute Gasteiger partial charge is 0.416 e. The Morgan fingerprint density at radius 1 is 1.18 bits per heavy atom. The third kappa shape index (κ3) is 2.74. The van der Waals surface area contributed by atoms with Crippen molar-refractivity contribution in [2.75, 3.05) is 5.32 Å². The lowest BCUT2D eigenvalue weighted by molar-refractivity contribution is -0.137. The number of hydrogen-bond donors (Lipinski definition) is 1. The van der Waals surface area contributed by atoms with Crippen LogP contribution in [-0.4, -0.2) is 14.5 Å². The first-order valence-corrected chi connectivity index (χ1v) is 6.61. The molecule has 0 saturated carbocycles. The molecule has 0 radical (unpaired) electrons. The van der Waals surface area contributed by atoms with Crippen LogP contribution >= 0.6 is 0 Å². The first kappa shape index (κ1) is 14.4. The van der Waals surface area contributed by atoms with E-state index in [-0.39, 0.29) is 6.54 Å². The number of pyridine rings is 1. The molecule has 2 heterocycles. The number of halogens is 3. The van der Waals surface area contributed by atoms with Gasteiger partial charge in [-0.25, -0.2) is 9.97 Å². The van der Waals surface area contributed by atoms with Gasteiger partial charge in [0.25, 0.3) is 0 Å². The predicted octanol–water partition coefficient (Wildman–Crippen LogP) is 3.60. The zero-order valence-electron chi connectivity index (χ0n) is 11.7. The number of hydrogen-bond acceptors (Lipinski definition) is 3. The number of nitrogens with zero attached hydrogens (tertiary/aromatic N) is 3. The quantitative estimate of drug-likeness (QED) is 0.804. The number of alkyl halides is 3. The summed E-state index contributed by atoms with van der Waals surface area (Å²) >= 11 is 0. The van der Waals surface area contributed by atoms with Crippen LogP contribution in [-0.2, 0) is 19.8 Å². The van der Waals surface area contributed by atoms with Crippen LogP contribution in [0.5, 0.6) is 0 Å². The second kappa shape index (κ2) is 5.32. The van der Waals surface area contributed by atoms with Gasteiger partial charge in [-0.1, -0.05) is 12.1 Å². The second-order valence-corrected chi connectivity index (χ2v) is 4.93. The maximum absolute atomic E-state index is 12.7. The van der Waals surface area contributed by atoms with E-state index in [0.717, 1.165) is 23.2 Å². The fraction of sp³-hybridized carbons (Fsp3) is 0.200. The topological polar surface area (TPSA) is 42.7 Å². The molecule has 114 valence electrons. The lowest BCUT2D eigenvalue weighted by Crippen LogP contribution is -2.07. The van der Waals surface area contributed by atoms with Crippen molar-refractivity contribution in [3.05, 3.63) is 54.0 Å². The van der Waals surface area contributed by atoms with Crippen molar-refractivity contribution < 1.29 is 13.2 Å². The van der Waals surface area contributed by atoms with Crippen LogP contribution in [0.25, 0.3) is 11.0 Å². The zero-order valence-corrected chi connectivity index (χ0v) is 11.7. The van der Waals surface area contributed by atoms with E-state index in [0.29, 0.717) is 11.4 Å². The minimum absolute atomic E-state index is 0.251. The van der Waals surface area contributed by atoms with Gasteiger partial charge in [-0.15, -0.1) is 0 Å². The third-order valence-corrected chi connectivity index (χ3v) is 3.34. The minimum Gasteiger partial charge on any atom is -0.364 e. The summed E-state index contributed by atoms with van der Waals surface area (Å²) in [6.07, 6.45) is -1.05. The Balaban J connectivity index is 1.84. The van der Waals surface area contributed by atoms with Gasteiger partial charge in [0.2, 0.25) is 0 Å². The fourth-order valence-corrected chi connectivity index (χ4v) is 2.28. The lowest BCUT2D eigenvalue weighted by atomic mass is 10.1. The van der Waals surface area contributed by atoms with E-state index >= 15 is 0 Å². The molecule has 3 rings (SSSR count). The summed E-state index contributed by atoms with van der Waals surface area (Å²) in [4.78, 5) is 8.45. The summed E-state index contributed by atoms with van der Waals surface area (Å²) in [6, 6.07) is 7.02. The van der Waals surface area contributed by atoms with Gasteiger partial charge in [0.15, 0.2) is 5.82 Å². The molecular formula is C15H13F3N4. The SMILES string of the molecule is Cn1cnc2ccnc(NCc3cccc(C(F)(F)F)c3)c21. The van der Waals surface area contributed by atoms with E-state index in [1.807, 2.05) is 11.6 Å². The normalized spacial score (nSPS) is 11.8. The van der Waals surface area contributed by atoms with Gasteiger partial charge >= 0.3 is 6.18 Å². The first-order valence-electron chi connectivity index (χ1n) is 6.61. The first-order chi connectivity index (χ1) is 10.4. The molecule has 0 aliphatic rings. The van der Waals surface area contributed by atoms with Crippen LogP contribution in [0.1, 0.15) is 11.1 Å². The molecule has 2 aromatic heterocycles. The number of anilines is 1. The highest BCUT2D eigenvalue weighted by Gasteiger charge is 2.30. The molecule has 0 atom stereocenters. The van der Waals surface area contributed by atoms with Crippen molar-refractivity contribution in [1.82, 2.24) is 14.5 Å². The average molecular weight is 306 g/mol. The number of fused-ring (bicyclic) bond motifs is 1. The Kier molecular flexibility index (Phi) is 3.48. The Morgan fingerprint density at radius 2 is 2.00 bits per heavy atom. The molecule has 0 bridgehead atoms. The van der Waals surface area contributed by atoms with E-state index in [1.54, 1.807) is 24.7 Å². The predicted molar refractivity (Wildman–Crippen MR) is 77.3 cm³/mol. The van der Waals surface area contributed by atoms with E-state index in [2.05, 4.69) is 15.3 Å². The van der Waals surface area contributed by atoms with Crippen molar-refractivity contribution in [3.63, 3.8) is 0 Å². The van der Waals surface area contributed by atoms with E-state index in [4.69, 9.17) is 0 Å². The molecule has 22 heavy (non-hydrogen) atoms. The molecule has 0 unspecified atom stereocenters. The van der Waals surface area contributed by atoms with Gasteiger partial charge in [-0.05, 0) is 23.8 Å². The highest BCUT2D eigenvalue weighted by molar-refractivity contribution is 5.85. The van der Waals surface area contributed by atoms with Crippen LogP contribution < -0.4 is 5.32 Å². The number of imidazole rings is 1. The van der Waals surface area contributed by atoms with Gasteiger partial charge in [-0.2, -0.15) is 13.2 Å². The van der Waals surface area contributed by atoms with Gasteiger partial charge in [0, 0.05) is 19.8 Å². The summed E-state index contributed by atoms with van der Waals surface area (Å²) in [5.74, 6) is 0.593. The van der Waals surface area contributed by atoms with Gasteiger partial charge in [0.1, 0.15) is 5.52 Å². The summed E-state index contributed by atoms with van der Waals surface area (Å²) < 4.78 is 39.9. The molecule has 1 N–H and O–H groups in total. The van der Waals surface area contributed by atoms with Crippen LogP contribution in [0, 0.1) is 0 Å². The Bertz CT molecular complexity index is 808. The standard InChI is InChI=1S/C15H13F3N4/c1-22-9-21-12-5-6-19-14(13(12)22)20-8-10-3-2-4-11(7-10)15(16,17)18/h2-7,9H,8H2,1H3,(H,19,20). The monoisotopic (exact) mass is 306 g/mol. The van der Waals surface area contributed by atoms with Gasteiger partial charge in [-0.3, -0.25) is 0 Å². The third-order valence-electron chi connectivity index (χ3n) is 3.34. The molecule has 0 fully saturated rings. The summed E-state index contributed by atoms with van der Waals surface area (Å²) in [7, 11) is 1.84. The van der Waals surface area contributed by atoms with Crippen molar-refractivity contribution in [1.29, 1.82) is 0 Å². The maximum atomic E-state index is 12.7. The van der Waals surface area contributed by atoms with Crippen molar-refractivity contribution in [2.45, 2.75) is 12.7 Å². The van der Waals surface area contributed by atoms with Crippen LogP contribution in [0.4, 0.5) is 19.0 Å². The molecule has 0 amide bonds. The van der Waals surface area contributed by atoms with E-state index in [9.17, 15) is 13.2 Å². The number of benzene rings is 1. The highest BCUT2D eigenvalue weighted by atomic mass is 19.4. The van der Waals surface area contributed by atoms with Crippen LogP contribution in [0.3, 0.4) is 0 Å². The average Bonchev–Trinajstić information content (AvgIpc) is 2.87. The minimum atomic E-state index is -4.34. The maximum Gasteiger partial charge on any atom is 0.416 e. The number of aromatic nitrogens is 3. The van der Waals surface area contributed by atoms with Gasteiger partial charge < -0.3 is 9.88 Å². The summed E-state index contributed by atoms with van der Waals surface area (Å²) in [5.41, 5.74) is 1.48. The molecule has 0 saturated heterocycles. The smallest absolute Gasteiger partial charge is 0.364 e. The molecule has 7 heteroatoms. The molecule has 0 aliphatic carbocycles. The number of rotatable bonds is 3. The Hall–Kier alpha value is -2.57. The second-order valence-electron chi connectivity index (χ2n) is 4.93. The van der Waals surface area contributed by atoms with E-state index < -0.39 is 11.7 Å². The highest BCUT2D eigenvalue weighted by Crippen LogP contribution is 2.29. The van der Waals surface area contributed by atoms with E-state index in [1.165, 1.54) is 6.07 Å². The Morgan fingerprint density at radius 3 is 2.77 bits per heavy atom.